The van der Waals surface area contributed by atoms with Gasteiger partial charge in [-0.1, -0.05) is 49.0 Å². The summed E-state index contributed by atoms with van der Waals surface area (Å²) in [7, 11) is 1.54. The molecular weight excluding hydrogens is 240 g/mol. The summed E-state index contributed by atoms with van der Waals surface area (Å²) in [4.78, 5) is 11.4. The Morgan fingerprint density at radius 3 is 2.47 bits per heavy atom. The number of rotatable bonds is 4. The molecule has 0 amide bonds. The number of benzene rings is 2. The predicted octanol–water partition coefficient (Wildman–Crippen LogP) is 3.45. The van der Waals surface area contributed by atoms with Crippen molar-refractivity contribution in [3.05, 3.63) is 61.2 Å². The molecule has 0 saturated carbocycles. The van der Waals surface area contributed by atoms with Gasteiger partial charge in [0, 0.05) is 11.6 Å². The normalized spacial score (nSPS) is 9.74. The molecule has 2 rings (SSSR count). The first kappa shape index (κ1) is 12.9. The second-order valence-electron chi connectivity index (χ2n) is 3.83. The van der Waals surface area contributed by atoms with Crippen LogP contribution in [-0.4, -0.2) is 13.1 Å². The summed E-state index contributed by atoms with van der Waals surface area (Å²) < 4.78 is 10.5. The Morgan fingerprint density at radius 1 is 1.11 bits per heavy atom. The van der Waals surface area contributed by atoms with Crippen LogP contribution < -0.4 is 9.47 Å². The van der Waals surface area contributed by atoms with Crippen LogP contribution in [0, 0.1) is 0 Å². The Labute approximate surface area is 112 Å². The van der Waals surface area contributed by atoms with Gasteiger partial charge in [0.15, 0.2) is 11.5 Å². The first-order valence-electron chi connectivity index (χ1n) is 5.83. The topological polar surface area (TPSA) is 35.5 Å². The highest BCUT2D eigenvalue weighted by Crippen LogP contribution is 2.38. The third kappa shape index (κ3) is 2.83. The number of methoxy groups -OCH3 is 1. The average molecular weight is 254 g/mol. The number of ether oxygens (including phenoxy) is 2. The van der Waals surface area contributed by atoms with E-state index < -0.39 is 5.97 Å². The van der Waals surface area contributed by atoms with Crippen molar-refractivity contribution >= 4 is 5.97 Å². The fourth-order valence-corrected chi connectivity index (χ4v) is 1.77. The molecule has 0 spiro atoms. The standard InChI is InChI=1S/C16H14O3/c1-3-15(17)19-16-13(10-7-11-14(16)18-2)12-8-5-4-6-9-12/h3-11H,1H2,2H3. The fraction of sp³-hybridized carbons (Fsp3) is 0.0625. The van der Waals surface area contributed by atoms with Crippen molar-refractivity contribution in [3.8, 4) is 22.6 Å². The molecule has 3 heteroatoms. The summed E-state index contributed by atoms with van der Waals surface area (Å²) in [6, 6.07) is 15.1. The van der Waals surface area contributed by atoms with E-state index in [-0.39, 0.29) is 0 Å². The Kier molecular flexibility index (Phi) is 3.98. The third-order valence-corrected chi connectivity index (χ3v) is 2.65. The molecule has 3 nitrogen and oxygen atoms in total. The summed E-state index contributed by atoms with van der Waals surface area (Å²) in [5.74, 6) is 0.402. The number of carbonyl (C=O) groups excluding carboxylic acids is 1. The van der Waals surface area contributed by atoms with Crippen molar-refractivity contribution in [2.75, 3.05) is 7.11 Å². The summed E-state index contributed by atoms with van der Waals surface area (Å²) >= 11 is 0. The lowest BCUT2D eigenvalue weighted by molar-refractivity contribution is -0.129. The predicted molar refractivity (Wildman–Crippen MR) is 74.3 cm³/mol. The van der Waals surface area contributed by atoms with Crippen LogP contribution in [-0.2, 0) is 4.79 Å². The maximum Gasteiger partial charge on any atom is 0.335 e. The lowest BCUT2D eigenvalue weighted by Crippen LogP contribution is -2.05. The van der Waals surface area contributed by atoms with Gasteiger partial charge in [0.2, 0.25) is 0 Å². The molecule has 19 heavy (non-hydrogen) atoms. The van der Waals surface area contributed by atoms with Gasteiger partial charge in [-0.25, -0.2) is 4.79 Å². The van der Waals surface area contributed by atoms with Crippen LogP contribution in [0.5, 0.6) is 11.5 Å². The van der Waals surface area contributed by atoms with Crippen molar-refractivity contribution in [3.63, 3.8) is 0 Å². The lowest BCUT2D eigenvalue weighted by Gasteiger charge is -2.13. The summed E-state index contributed by atoms with van der Waals surface area (Å²) in [6.07, 6.45) is 1.13. The molecule has 0 saturated heterocycles. The third-order valence-electron chi connectivity index (χ3n) is 2.65. The Morgan fingerprint density at radius 2 is 1.84 bits per heavy atom. The fourth-order valence-electron chi connectivity index (χ4n) is 1.77. The van der Waals surface area contributed by atoms with E-state index in [1.165, 1.54) is 7.11 Å². The van der Waals surface area contributed by atoms with E-state index in [9.17, 15) is 4.79 Å². The molecule has 0 aliphatic rings. The van der Waals surface area contributed by atoms with E-state index in [4.69, 9.17) is 9.47 Å². The van der Waals surface area contributed by atoms with Crippen LogP contribution in [0.4, 0.5) is 0 Å². The number of hydrogen-bond acceptors (Lipinski definition) is 3. The van der Waals surface area contributed by atoms with Crippen molar-refractivity contribution in [1.82, 2.24) is 0 Å². The molecule has 0 unspecified atom stereocenters. The van der Waals surface area contributed by atoms with Crippen LogP contribution in [0.3, 0.4) is 0 Å². The minimum Gasteiger partial charge on any atom is -0.493 e. The van der Waals surface area contributed by atoms with Gasteiger partial charge in [-0.15, -0.1) is 0 Å². The van der Waals surface area contributed by atoms with Gasteiger partial charge in [-0.2, -0.15) is 0 Å². The largest absolute Gasteiger partial charge is 0.493 e. The highest BCUT2D eigenvalue weighted by atomic mass is 16.6. The Balaban J connectivity index is 2.54. The minimum atomic E-state index is -0.512. The van der Waals surface area contributed by atoms with Gasteiger partial charge in [0.25, 0.3) is 0 Å². The molecule has 2 aromatic carbocycles. The molecule has 0 aliphatic carbocycles. The zero-order valence-electron chi connectivity index (χ0n) is 10.6. The van der Waals surface area contributed by atoms with Crippen LogP contribution in [0.1, 0.15) is 0 Å². The monoisotopic (exact) mass is 254 g/mol. The number of para-hydroxylation sites is 1. The smallest absolute Gasteiger partial charge is 0.335 e. The molecular formula is C16H14O3. The molecule has 96 valence electrons. The maximum atomic E-state index is 11.4. The summed E-state index contributed by atoms with van der Waals surface area (Å²) in [5, 5.41) is 0. The zero-order chi connectivity index (χ0) is 13.7. The molecule has 0 aliphatic heterocycles. The van der Waals surface area contributed by atoms with Crippen molar-refractivity contribution in [1.29, 1.82) is 0 Å². The van der Waals surface area contributed by atoms with E-state index in [1.54, 1.807) is 6.07 Å². The van der Waals surface area contributed by atoms with E-state index in [0.717, 1.165) is 17.2 Å². The lowest BCUT2D eigenvalue weighted by atomic mass is 10.0. The van der Waals surface area contributed by atoms with Gasteiger partial charge >= 0.3 is 5.97 Å². The van der Waals surface area contributed by atoms with E-state index in [1.807, 2.05) is 42.5 Å². The minimum absolute atomic E-state index is 0.404. The molecule has 0 atom stereocenters. The van der Waals surface area contributed by atoms with E-state index >= 15 is 0 Å². The summed E-state index contributed by atoms with van der Waals surface area (Å²) in [5.41, 5.74) is 1.75. The quantitative estimate of drug-likeness (QED) is 0.476. The first-order chi connectivity index (χ1) is 9.26. The van der Waals surface area contributed by atoms with Crippen LogP contribution in [0.2, 0.25) is 0 Å². The Bertz CT molecular complexity index is 588. The number of hydrogen-bond donors (Lipinski definition) is 0. The molecule has 0 radical (unpaired) electrons. The SMILES string of the molecule is C=CC(=O)Oc1c(OC)cccc1-c1ccccc1. The van der Waals surface area contributed by atoms with Gasteiger partial charge in [-0.3, -0.25) is 0 Å². The average Bonchev–Trinajstić information content (AvgIpc) is 2.48. The van der Waals surface area contributed by atoms with Gasteiger partial charge in [0.1, 0.15) is 0 Å². The molecule has 0 N–H and O–H groups in total. The molecule has 0 fully saturated rings. The zero-order valence-corrected chi connectivity index (χ0v) is 10.6. The van der Waals surface area contributed by atoms with Crippen molar-refractivity contribution in [2.45, 2.75) is 0 Å². The molecule has 0 bridgehead atoms. The van der Waals surface area contributed by atoms with Crippen LogP contribution in [0.15, 0.2) is 61.2 Å². The highest BCUT2D eigenvalue weighted by Gasteiger charge is 2.14. The first-order valence-corrected chi connectivity index (χ1v) is 5.83. The second-order valence-corrected chi connectivity index (χ2v) is 3.83. The number of esters is 1. The van der Waals surface area contributed by atoms with E-state index in [2.05, 4.69) is 6.58 Å². The van der Waals surface area contributed by atoms with E-state index in [0.29, 0.717) is 11.5 Å². The Hall–Kier alpha value is -2.55. The maximum absolute atomic E-state index is 11.4. The highest BCUT2D eigenvalue weighted by molar-refractivity contribution is 5.86. The van der Waals surface area contributed by atoms with Gasteiger partial charge in [-0.05, 0) is 11.6 Å². The van der Waals surface area contributed by atoms with Gasteiger partial charge < -0.3 is 9.47 Å². The molecule has 2 aromatic rings. The van der Waals surface area contributed by atoms with Crippen LogP contribution >= 0.6 is 0 Å². The van der Waals surface area contributed by atoms with Crippen molar-refractivity contribution in [2.24, 2.45) is 0 Å². The second kappa shape index (κ2) is 5.87. The van der Waals surface area contributed by atoms with Crippen LogP contribution in [0.25, 0.3) is 11.1 Å². The summed E-state index contributed by atoms with van der Waals surface area (Å²) in [6.45, 7) is 3.40. The molecule has 0 heterocycles. The molecule has 0 aromatic heterocycles. The van der Waals surface area contributed by atoms with Gasteiger partial charge in [0.05, 0.1) is 7.11 Å². The van der Waals surface area contributed by atoms with Crippen molar-refractivity contribution < 1.29 is 14.3 Å². The number of carbonyl (C=O) groups is 1.